The molecule has 2 atom stereocenters. The molecule has 3 amide bonds. The van der Waals surface area contributed by atoms with E-state index < -0.39 is 29.4 Å². The maximum atomic E-state index is 12.9. The van der Waals surface area contributed by atoms with Crippen LogP contribution in [0.5, 0.6) is 0 Å². The van der Waals surface area contributed by atoms with Crippen molar-refractivity contribution in [3.8, 4) is 11.8 Å². The van der Waals surface area contributed by atoms with Gasteiger partial charge in [-0.1, -0.05) is 24.0 Å². The molecule has 0 aliphatic rings. The molecular formula is C24H27N3O6. The minimum absolute atomic E-state index is 0.207. The molecule has 33 heavy (non-hydrogen) atoms. The number of likely N-dealkylation sites (N-methyl/N-ethyl adjacent to an activating group) is 2. The number of aliphatic hydroxyl groups is 1. The van der Waals surface area contributed by atoms with Gasteiger partial charge in [0.2, 0.25) is 0 Å². The van der Waals surface area contributed by atoms with Crippen LogP contribution >= 0.6 is 0 Å². The normalized spacial score (nSPS) is 13.0. The van der Waals surface area contributed by atoms with Gasteiger partial charge >= 0.3 is 0 Å². The highest BCUT2D eigenvalue weighted by Crippen LogP contribution is 2.18. The van der Waals surface area contributed by atoms with Gasteiger partial charge < -0.3 is 20.1 Å². The summed E-state index contributed by atoms with van der Waals surface area (Å²) in [7, 11) is 4.15. The second kappa shape index (κ2) is 11.2. The fourth-order valence-corrected chi connectivity index (χ4v) is 3.04. The fourth-order valence-electron chi connectivity index (χ4n) is 3.04. The summed E-state index contributed by atoms with van der Waals surface area (Å²) in [6, 6.07) is 13.5. The molecular weight excluding hydrogens is 426 g/mol. The zero-order valence-corrected chi connectivity index (χ0v) is 18.9. The number of hydrogen-bond acceptors (Lipinski definition) is 6. The van der Waals surface area contributed by atoms with Gasteiger partial charge in [0.15, 0.2) is 5.54 Å². The van der Waals surface area contributed by atoms with Gasteiger partial charge in [-0.25, -0.2) is 5.48 Å². The Morgan fingerprint density at radius 1 is 1.03 bits per heavy atom. The van der Waals surface area contributed by atoms with Crippen LogP contribution in [-0.4, -0.2) is 66.3 Å². The van der Waals surface area contributed by atoms with Crippen LogP contribution in [0.2, 0.25) is 0 Å². The van der Waals surface area contributed by atoms with Crippen LogP contribution in [0, 0.1) is 11.8 Å². The zero-order valence-electron chi connectivity index (χ0n) is 18.9. The monoisotopic (exact) mass is 453 g/mol. The number of carbonyl (C=O) groups excluding carboxylic acids is 3. The van der Waals surface area contributed by atoms with E-state index in [1.807, 2.05) is 0 Å². The highest BCUT2D eigenvalue weighted by Gasteiger charge is 2.47. The van der Waals surface area contributed by atoms with E-state index in [9.17, 15) is 19.5 Å². The van der Waals surface area contributed by atoms with Gasteiger partial charge in [0.25, 0.3) is 17.7 Å². The van der Waals surface area contributed by atoms with Crippen molar-refractivity contribution in [3.05, 3.63) is 70.8 Å². The first kappa shape index (κ1) is 25.5. The zero-order chi connectivity index (χ0) is 24.6. The van der Waals surface area contributed by atoms with Gasteiger partial charge in [-0.15, -0.1) is 0 Å². The van der Waals surface area contributed by atoms with Crippen LogP contribution < -0.4 is 10.8 Å². The standard InChI is InChI=1S/C24H27N3O6/c1-24(22(30)25-2,23(31)26-32)27(3)21(29)19-13-9-17(10-14-19)6-5-16-7-11-18(12-8-16)20(28)15-33-4/h7-14,20,28,32H,15H2,1-4H3,(H,25,30)(H,26,31)/t20-,24+/m1/s1. The third-order valence-corrected chi connectivity index (χ3v) is 5.29. The maximum Gasteiger partial charge on any atom is 0.278 e. The molecule has 0 unspecified atom stereocenters. The van der Waals surface area contributed by atoms with Gasteiger partial charge in [0, 0.05) is 37.9 Å². The predicted molar refractivity (Wildman–Crippen MR) is 120 cm³/mol. The number of ether oxygens (including phenoxy) is 1. The molecule has 0 saturated carbocycles. The van der Waals surface area contributed by atoms with Gasteiger partial charge in [0.1, 0.15) is 6.10 Å². The van der Waals surface area contributed by atoms with E-state index >= 15 is 0 Å². The van der Waals surface area contributed by atoms with E-state index in [0.717, 1.165) is 16.0 Å². The van der Waals surface area contributed by atoms with Crippen molar-refractivity contribution in [3.63, 3.8) is 0 Å². The Morgan fingerprint density at radius 2 is 1.55 bits per heavy atom. The lowest BCUT2D eigenvalue weighted by Crippen LogP contribution is -2.64. The predicted octanol–water partition coefficient (Wildman–Crippen LogP) is 0.848. The molecule has 0 aliphatic carbocycles. The van der Waals surface area contributed by atoms with E-state index in [-0.39, 0.29) is 12.2 Å². The Labute approximate surface area is 192 Å². The Balaban J connectivity index is 2.18. The summed E-state index contributed by atoms with van der Waals surface area (Å²) in [6.45, 7) is 1.44. The van der Waals surface area contributed by atoms with E-state index in [1.54, 1.807) is 36.4 Å². The fraction of sp³-hybridized carbons (Fsp3) is 0.292. The first-order valence-electron chi connectivity index (χ1n) is 10.0. The maximum absolute atomic E-state index is 12.9. The molecule has 0 bridgehead atoms. The van der Waals surface area contributed by atoms with Crippen LogP contribution in [0.1, 0.15) is 40.1 Å². The lowest BCUT2D eigenvalue weighted by molar-refractivity contribution is -0.148. The molecule has 9 nitrogen and oxygen atoms in total. The second-order valence-electron chi connectivity index (χ2n) is 7.38. The number of benzene rings is 2. The average Bonchev–Trinajstić information content (AvgIpc) is 2.85. The van der Waals surface area contributed by atoms with E-state index in [1.165, 1.54) is 45.7 Å². The second-order valence-corrected chi connectivity index (χ2v) is 7.38. The molecule has 2 aromatic carbocycles. The quantitative estimate of drug-likeness (QED) is 0.213. The van der Waals surface area contributed by atoms with Crippen LogP contribution in [0.25, 0.3) is 0 Å². The number of aliphatic hydroxyl groups excluding tert-OH is 1. The molecule has 0 spiro atoms. The van der Waals surface area contributed by atoms with Crippen molar-refractivity contribution in [1.29, 1.82) is 0 Å². The Morgan fingerprint density at radius 3 is 2.00 bits per heavy atom. The third kappa shape index (κ3) is 5.75. The van der Waals surface area contributed by atoms with Crippen molar-refractivity contribution in [2.45, 2.75) is 18.6 Å². The first-order valence-corrected chi connectivity index (χ1v) is 10.0. The Bertz CT molecular complexity index is 1040. The molecule has 2 aromatic rings. The lowest BCUT2D eigenvalue weighted by atomic mass is 9.96. The van der Waals surface area contributed by atoms with Crippen LogP contribution in [0.15, 0.2) is 48.5 Å². The number of methoxy groups -OCH3 is 1. The third-order valence-electron chi connectivity index (χ3n) is 5.29. The number of carbonyl (C=O) groups is 3. The topological polar surface area (TPSA) is 128 Å². The van der Waals surface area contributed by atoms with Gasteiger partial charge in [-0.3, -0.25) is 19.6 Å². The summed E-state index contributed by atoms with van der Waals surface area (Å²) in [6.07, 6.45) is -0.700. The van der Waals surface area contributed by atoms with E-state index in [2.05, 4.69) is 17.2 Å². The Kier molecular flexibility index (Phi) is 8.70. The molecule has 0 radical (unpaired) electrons. The van der Waals surface area contributed by atoms with Crippen molar-refractivity contribution in [1.82, 2.24) is 15.7 Å². The highest BCUT2D eigenvalue weighted by atomic mass is 16.5. The lowest BCUT2D eigenvalue weighted by Gasteiger charge is -2.34. The minimum Gasteiger partial charge on any atom is -0.386 e. The number of nitrogens with one attached hydrogen (secondary N) is 2. The van der Waals surface area contributed by atoms with Crippen LogP contribution in [-0.2, 0) is 14.3 Å². The number of hydroxylamine groups is 1. The summed E-state index contributed by atoms with van der Waals surface area (Å²) in [5, 5.41) is 21.3. The van der Waals surface area contributed by atoms with Crippen LogP contribution in [0.3, 0.4) is 0 Å². The van der Waals surface area contributed by atoms with Gasteiger partial charge in [-0.2, -0.15) is 0 Å². The first-order chi connectivity index (χ1) is 15.7. The van der Waals surface area contributed by atoms with Crippen molar-refractivity contribution < 1.29 is 29.4 Å². The number of amides is 3. The molecule has 0 saturated heterocycles. The molecule has 4 N–H and O–H groups in total. The van der Waals surface area contributed by atoms with Crippen LogP contribution in [0.4, 0.5) is 0 Å². The van der Waals surface area contributed by atoms with E-state index in [0.29, 0.717) is 5.56 Å². The van der Waals surface area contributed by atoms with Gasteiger partial charge in [0.05, 0.1) is 6.61 Å². The van der Waals surface area contributed by atoms with Crippen molar-refractivity contribution in [2.75, 3.05) is 27.8 Å². The number of rotatable bonds is 7. The molecule has 0 heterocycles. The van der Waals surface area contributed by atoms with Crippen molar-refractivity contribution >= 4 is 17.7 Å². The number of nitrogens with zero attached hydrogens (tertiary/aromatic N) is 1. The largest absolute Gasteiger partial charge is 0.386 e. The Hall–Kier alpha value is -3.71. The molecule has 0 aromatic heterocycles. The summed E-state index contributed by atoms with van der Waals surface area (Å²) in [5.74, 6) is 3.61. The summed E-state index contributed by atoms with van der Waals surface area (Å²) in [5.41, 5.74) is 1.85. The highest BCUT2D eigenvalue weighted by molar-refractivity contribution is 6.12. The molecule has 0 aliphatic heterocycles. The SMILES string of the molecule is CNC(=O)[C@@](C)(C(=O)NO)N(C)C(=O)c1ccc(C#Cc2ccc([C@H](O)COC)cc2)cc1. The molecule has 0 fully saturated rings. The van der Waals surface area contributed by atoms with Crippen molar-refractivity contribution in [2.24, 2.45) is 0 Å². The van der Waals surface area contributed by atoms with Gasteiger partial charge in [-0.05, 0) is 48.9 Å². The summed E-state index contributed by atoms with van der Waals surface area (Å²) in [4.78, 5) is 38.2. The minimum atomic E-state index is -1.96. The summed E-state index contributed by atoms with van der Waals surface area (Å²) < 4.78 is 4.93. The van der Waals surface area contributed by atoms with E-state index in [4.69, 9.17) is 9.94 Å². The molecule has 174 valence electrons. The summed E-state index contributed by atoms with van der Waals surface area (Å²) >= 11 is 0. The number of hydrogen-bond donors (Lipinski definition) is 4. The smallest absolute Gasteiger partial charge is 0.278 e. The molecule has 2 rings (SSSR count). The molecule has 9 heteroatoms. The average molecular weight is 453 g/mol.